The quantitative estimate of drug-likeness (QED) is 0.894. The van der Waals surface area contributed by atoms with Crippen LogP contribution in [0.2, 0.25) is 0 Å². The van der Waals surface area contributed by atoms with Gasteiger partial charge in [-0.25, -0.2) is 4.39 Å². The van der Waals surface area contributed by atoms with E-state index in [0.717, 1.165) is 0 Å². The second-order valence-electron chi connectivity index (χ2n) is 4.86. The molecule has 1 aliphatic rings. The summed E-state index contributed by atoms with van der Waals surface area (Å²) in [6, 6.07) is 6.60. The highest BCUT2D eigenvalue weighted by Crippen LogP contribution is 2.26. The van der Waals surface area contributed by atoms with E-state index >= 15 is 0 Å². The highest BCUT2D eigenvalue weighted by atomic mass is 19.1. The maximum Gasteiger partial charge on any atom is 0.127 e. The highest BCUT2D eigenvalue weighted by molar-refractivity contribution is 5.20. The van der Waals surface area contributed by atoms with Gasteiger partial charge in [0.1, 0.15) is 5.82 Å². The van der Waals surface area contributed by atoms with Crippen LogP contribution < -0.4 is 0 Å². The molecule has 1 N–H and O–H groups in total. The van der Waals surface area contributed by atoms with Crippen molar-refractivity contribution in [1.82, 2.24) is 4.90 Å². The number of ether oxygens (including phenoxy) is 1. The molecule has 0 saturated carbocycles. The van der Waals surface area contributed by atoms with Crippen molar-refractivity contribution in [2.45, 2.75) is 31.5 Å². The van der Waals surface area contributed by atoms with E-state index < -0.39 is 6.10 Å². The van der Waals surface area contributed by atoms with Gasteiger partial charge >= 0.3 is 0 Å². The number of rotatable bonds is 3. The zero-order chi connectivity index (χ0) is 13.1. The standard InChI is InChI=1S/C14H20FNO2/c1-10(11-5-3-4-6-12(11)15)16(2)13-9-18-8-7-14(13)17/h3-6,10,13-14,17H,7-9H2,1-2H3. The average molecular weight is 253 g/mol. The minimum absolute atomic E-state index is 0.0756. The van der Waals surface area contributed by atoms with Gasteiger partial charge < -0.3 is 9.84 Å². The van der Waals surface area contributed by atoms with Gasteiger partial charge in [0, 0.05) is 18.2 Å². The van der Waals surface area contributed by atoms with E-state index in [2.05, 4.69) is 0 Å². The second kappa shape index (κ2) is 5.78. The highest BCUT2D eigenvalue weighted by Gasteiger charge is 2.30. The fourth-order valence-corrected chi connectivity index (χ4v) is 2.42. The molecule has 18 heavy (non-hydrogen) atoms. The lowest BCUT2D eigenvalue weighted by atomic mass is 10.0. The lowest BCUT2D eigenvalue weighted by molar-refractivity contribution is -0.0640. The molecule has 1 fully saturated rings. The summed E-state index contributed by atoms with van der Waals surface area (Å²) in [6.45, 7) is 3.04. The average Bonchev–Trinajstić information content (AvgIpc) is 2.38. The molecule has 1 aliphatic heterocycles. The normalized spacial score (nSPS) is 26.3. The van der Waals surface area contributed by atoms with Crippen LogP contribution in [0.3, 0.4) is 0 Å². The predicted molar refractivity (Wildman–Crippen MR) is 67.8 cm³/mol. The van der Waals surface area contributed by atoms with Crippen molar-refractivity contribution in [2.75, 3.05) is 20.3 Å². The molecule has 1 heterocycles. The zero-order valence-corrected chi connectivity index (χ0v) is 10.8. The number of aliphatic hydroxyl groups is 1. The lowest BCUT2D eigenvalue weighted by Gasteiger charge is -2.38. The molecular formula is C14H20FNO2. The van der Waals surface area contributed by atoms with Crippen LogP contribution in [-0.2, 0) is 4.74 Å². The first-order valence-corrected chi connectivity index (χ1v) is 6.33. The van der Waals surface area contributed by atoms with Crippen LogP contribution in [0.1, 0.15) is 24.9 Å². The smallest absolute Gasteiger partial charge is 0.127 e. The fraction of sp³-hybridized carbons (Fsp3) is 0.571. The van der Waals surface area contributed by atoms with Crippen molar-refractivity contribution in [3.05, 3.63) is 35.6 Å². The van der Waals surface area contributed by atoms with Crippen LogP contribution in [0, 0.1) is 5.82 Å². The summed E-state index contributed by atoms with van der Waals surface area (Å²) in [5, 5.41) is 9.99. The van der Waals surface area contributed by atoms with E-state index in [1.165, 1.54) is 6.07 Å². The summed E-state index contributed by atoms with van der Waals surface area (Å²) in [5.74, 6) is -0.205. The number of hydrogen-bond donors (Lipinski definition) is 1. The fourth-order valence-electron chi connectivity index (χ4n) is 2.42. The number of nitrogens with zero attached hydrogens (tertiary/aromatic N) is 1. The Hall–Kier alpha value is -0.970. The van der Waals surface area contributed by atoms with Gasteiger partial charge in [0.25, 0.3) is 0 Å². The Kier molecular flexibility index (Phi) is 4.32. The summed E-state index contributed by atoms with van der Waals surface area (Å²) in [7, 11) is 1.90. The summed E-state index contributed by atoms with van der Waals surface area (Å²) >= 11 is 0. The number of likely N-dealkylation sites (N-methyl/N-ethyl adjacent to an activating group) is 1. The van der Waals surface area contributed by atoms with E-state index in [4.69, 9.17) is 4.74 Å². The third-order valence-electron chi connectivity index (χ3n) is 3.78. The van der Waals surface area contributed by atoms with Crippen LogP contribution >= 0.6 is 0 Å². The van der Waals surface area contributed by atoms with E-state index in [-0.39, 0.29) is 17.9 Å². The molecule has 4 heteroatoms. The Balaban J connectivity index is 2.13. The predicted octanol–water partition coefficient (Wildman–Crippen LogP) is 1.97. The van der Waals surface area contributed by atoms with Gasteiger partial charge in [-0.15, -0.1) is 0 Å². The Morgan fingerprint density at radius 2 is 2.17 bits per heavy atom. The van der Waals surface area contributed by atoms with Crippen molar-refractivity contribution >= 4 is 0 Å². The van der Waals surface area contributed by atoms with Crippen LogP contribution in [0.25, 0.3) is 0 Å². The SMILES string of the molecule is CC(c1ccccc1F)N(C)C1COCCC1O. The van der Waals surface area contributed by atoms with Crippen LogP contribution in [0.4, 0.5) is 4.39 Å². The lowest BCUT2D eigenvalue weighted by Crippen LogP contribution is -2.48. The molecule has 1 aromatic rings. The van der Waals surface area contributed by atoms with E-state index in [0.29, 0.717) is 25.2 Å². The van der Waals surface area contributed by atoms with Gasteiger partial charge in [0.15, 0.2) is 0 Å². The zero-order valence-electron chi connectivity index (χ0n) is 10.8. The van der Waals surface area contributed by atoms with Gasteiger partial charge in [-0.3, -0.25) is 4.90 Å². The summed E-state index contributed by atoms with van der Waals surface area (Å²) in [6.07, 6.45) is 0.233. The maximum absolute atomic E-state index is 13.7. The maximum atomic E-state index is 13.7. The van der Waals surface area contributed by atoms with Crippen LogP contribution in [0.5, 0.6) is 0 Å². The molecule has 1 aromatic carbocycles. The summed E-state index contributed by atoms with van der Waals surface area (Å²) < 4.78 is 19.1. The number of hydrogen-bond acceptors (Lipinski definition) is 3. The molecule has 0 radical (unpaired) electrons. The Labute approximate surface area is 107 Å². The van der Waals surface area contributed by atoms with Crippen molar-refractivity contribution in [2.24, 2.45) is 0 Å². The van der Waals surface area contributed by atoms with E-state index in [9.17, 15) is 9.50 Å². The number of aliphatic hydroxyl groups excluding tert-OH is 1. The molecular weight excluding hydrogens is 233 g/mol. The minimum Gasteiger partial charge on any atom is -0.391 e. The molecule has 2 rings (SSSR count). The summed E-state index contributed by atoms with van der Waals surface area (Å²) in [4.78, 5) is 1.99. The minimum atomic E-state index is -0.405. The van der Waals surface area contributed by atoms with Gasteiger partial charge in [-0.1, -0.05) is 18.2 Å². The molecule has 0 aliphatic carbocycles. The van der Waals surface area contributed by atoms with Crippen LogP contribution in [-0.4, -0.2) is 42.4 Å². The van der Waals surface area contributed by atoms with Crippen molar-refractivity contribution in [3.63, 3.8) is 0 Å². The Bertz CT molecular complexity index is 399. The van der Waals surface area contributed by atoms with E-state index in [1.54, 1.807) is 12.1 Å². The third kappa shape index (κ3) is 2.71. The first-order chi connectivity index (χ1) is 8.61. The topological polar surface area (TPSA) is 32.7 Å². The van der Waals surface area contributed by atoms with E-state index in [1.807, 2.05) is 24.9 Å². The molecule has 0 amide bonds. The van der Waals surface area contributed by atoms with Crippen molar-refractivity contribution in [1.29, 1.82) is 0 Å². The largest absolute Gasteiger partial charge is 0.391 e. The first-order valence-electron chi connectivity index (χ1n) is 6.33. The Morgan fingerprint density at radius 3 is 2.83 bits per heavy atom. The van der Waals surface area contributed by atoms with Gasteiger partial charge in [-0.05, 0) is 26.5 Å². The van der Waals surface area contributed by atoms with Gasteiger partial charge in [0.05, 0.1) is 18.8 Å². The van der Waals surface area contributed by atoms with Gasteiger partial charge in [-0.2, -0.15) is 0 Å². The Morgan fingerprint density at radius 1 is 1.44 bits per heavy atom. The third-order valence-corrected chi connectivity index (χ3v) is 3.78. The first kappa shape index (κ1) is 13.5. The van der Waals surface area contributed by atoms with Crippen molar-refractivity contribution in [3.8, 4) is 0 Å². The van der Waals surface area contributed by atoms with Crippen LogP contribution in [0.15, 0.2) is 24.3 Å². The molecule has 0 bridgehead atoms. The molecule has 3 unspecified atom stereocenters. The second-order valence-corrected chi connectivity index (χ2v) is 4.86. The molecule has 0 spiro atoms. The summed E-state index contributed by atoms with van der Waals surface area (Å²) in [5.41, 5.74) is 0.651. The molecule has 0 aromatic heterocycles. The molecule has 3 atom stereocenters. The molecule has 1 saturated heterocycles. The van der Waals surface area contributed by atoms with Crippen molar-refractivity contribution < 1.29 is 14.2 Å². The monoisotopic (exact) mass is 253 g/mol. The molecule has 3 nitrogen and oxygen atoms in total. The van der Waals surface area contributed by atoms with Gasteiger partial charge in [0.2, 0.25) is 0 Å². The molecule has 100 valence electrons. The number of benzene rings is 1. The number of halogens is 1.